The second-order valence-electron chi connectivity index (χ2n) is 4.80. The molecule has 0 amide bonds. The highest BCUT2D eigenvalue weighted by Crippen LogP contribution is 2.28. The van der Waals surface area contributed by atoms with Crippen molar-refractivity contribution in [3.05, 3.63) is 42.5 Å². The molecule has 0 heterocycles. The first-order valence-corrected chi connectivity index (χ1v) is 7.40. The average molecular weight is 277 g/mol. The molecule has 0 aromatic heterocycles. The molecule has 0 spiro atoms. The van der Waals surface area contributed by atoms with Crippen LogP contribution in [0.3, 0.4) is 0 Å². The van der Waals surface area contributed by atoms with Gasteiger partial charge in [-0.15, -0.1) is 6.58 Å². The molecule has 112 valence electrons. The normalized spacial score (nSPS) is 12.1. The standard InChI is InChI=1S/C17H27NO2/c1-4-10-18-11-12-19-13-14-20-17-9-7-6-8-16(17)15(3)5-2/h4,6-9,15,18H,1,5,10-14H2,2-3H3. The van der Waals surface area contributed by atoms with Crippen molar-refractivity contribution >= 4 is 0 Å². The van der Waals surface area contributed by atoms with Crippen LogP contribution in [-0.2, 0) is 4.74 Å². The minimum absolute atomic E-state index is 0.523. The molecule has 0 radical (unpaired) electrons. The van der Waals surface area contributed by atoms with E-state index in [1.807, 2.05) is 18.2 Å². The fourth-order valence-electron chi connectivity index (χ4n) is 1.90. The van der Waals surface area contributed by atoms with E-state index in [4.69, 9.17) is 9.47 Å². The van der Waals surface area contributed by atoms with Crippen molar-refractivity contribution in [2.75, 3.05) is 32.9 Å². The van der Waals surface area contributed by atoms with E-state index < -0.39 is 0 Å². The third-order valence-electron chi connectivity index (χ3n) is 3.26. The molecule has 0 aliphatic heterocycles. The number of para-hydroxylation sites is 1. The Balaban J connectivity index is 2.23. The van der Waals surface area contributed by atoms with E-state index in [0.29, 0.717) is 25.7 Å². The molecule has 0 aliphatic rings. The van der Waals surface area contributed by atoms with E-state index in [-0.39, 0.29) is 0 Å². The summed E-state index contributed by atoms with van der Waals surface area (Å²) in [6.45, 7) is 11.6. The predicted octanol–water partition coefficient (Wildman–Crippen LogP) is 3.37. The highest BCUT2D eigenvalue weighted by atomic mass is 16.5. The summed E-state index contributed by atoms with van der Waals surface area (Å²) in [6, 6.07) is 8.26. The molecule has 1 atom stereocenters. The van der Waals surface area contributed by atoms with Gasteiger partial charge in [0, 0.05) is 13.1 Å². The van der Waals surface area contributed by atoms with Gasteiger partial charge in [-0.1, -0.05) is 38.1 Å². The van der Waals surface area contributed by atoms with Gasteiger partial charge in [-0.25, -0.2) is 0 Å². The van der Waals surface area contributed by atoms with Crippen molar-refractivity contribution in [2.24, 2.45) is 0 Å². The fraction of sp³-hybridized carbons (Fsp3) is 0.529. The molecular weight excluding hydrogens is 250 g/mol. The van der Waals surface area contributed by atoms with Crippen LogP contribution in [0, 0.1) is 0 Å². The van der Waals surface area contributed by atoms with Gasteiger partial charge in [0.1, 0.15) is 12.4 Å². The highest BCUT2D eigenvalue weighted by molar-refractivity contribution is 5.35. The number of rotatable bonds is 11. The van der Waals surface area contributed by atoms with Gasteiger partial charge in [-0.05, 0) is 24.0 Å². The van der Waals surface area contributed by atoms with Gasteiger partial charge in [-0.3, -0.25) is 0 Å². The highest BCUT2D eigenvalue weighted by Gasteiger charge is 2.08. The van der Waals surface area contributed by atoms with Crippen LogP contribution in [-0.4, -0.2) is 32.9 Å². The number of hydrogen-bond donors (Lipinski definition) is 1. The molecule has 3 nitrogen and oxygen atoms in total. The molecule has 0 fully saturated rings. The molecule has 1 rings (SSSR count). The van der Waals surface area contributed by atoms with Crippen LogP contribution in [0.15, 0.2) is 36.9 Å². The topological polar surface area (TPSA) is 30.5 Å². The summed E-state index contributed by atoms with van der Waals surface area (Å²) in [7, 11) is 0. The summed E-state index contributed by atoms with van der Waals surface area (Å²) < 4.78 is 11.3. The maximum absolute atomic E-state index is 5.83. The summed E-state index contributed by atoms with van der Waals surface area (Å²) >= 11 is 0. The van der Waals surface area contributed by atoms with Gasteiger partial charge < -0.3 is 14.8 Å². The van der Waals surface area contributed by atoms with Crippen LogP contribution in [0.5, 0.6) is 5.75 Å². The Morgan fingerprint density at radius 1 is 1.25 bits per heavy atom. The maximum Gasteiger partial charge on any atom is 0.122 e. The monoisotopic (exact) mass is 277 g/mol. The molecule has 3 heteroatoms. The largest absolute Gasteiger partial charge is 0.491 e. The van der Waals surface area contributed by atoms with Crippen LogP contribution < -0.4 is 10.1 Å². The number of nitrogens with one attached hydrogen (secondary N) is 1. The predicted molar refractivity (Wildman–Crippen MR) is 84.5 cm³/mol. The first kappa shape index (κ1) is 16.7. The van der Waals surface area contributed by atoms with E-state index in [0.717, 1.165) is 25.3 Å². The summed E-state index contributed by atoms with van der Waals surface area (Å²) in [5.74, 6) is 1.51. The Morgan fingerprint density at radius 2 is 2.05 bits per heavy atom. The van der Waals surface area contributed by atoms with Crippen LogP contribution in [0.1, 0.15) is 31.7 Å². The van der Waals surface area contributed by atoms with Crippen LogP contribution in [0.4, 0.5) is 0 Å². The van der Waals surface area contributed by atoms with Crippen molar-refractivity contribution in [3.63, 3.8) is 0 Å². The lowest BCUT2D eigenvalue weighted by atomic mass is 9.98. The molecular formula is C17H27NO2. The first-order valence-electron chi connectivity index (χ1n) is 7.40. The van der Waals surface area contributed by atoms with Crippen molar-refractivity contribution in [3.8, 4) is 5.75 Å². The molecule has 0 aliphatic carbocycles. The van der Waals surface area contributed by atoms with Gasteiger partial charge >= 0.3 is 0 Å². The minimum atomic E-state index is 0.523. The number of benzene rings is 1. The molecule has 1 unspecified atom stereocenters. The minimum Gasteiger partial charge on any atom is -0.491 e. The fourth-order valence-corrected chi connectivity index (χ4v) is 1.90. The van der Waals surface area contributed by atoms with Crippen molar-refractivity contribution in [1.29, 1.82) is 0 Å². The molecule has 0 saturated carbocycles. The van der Waals surface area contributed by atoms with E-state index in [9.17, 15) is 0 Å². The van der Waals surface area contributed by atoms with Gasteiger partial charge in [0.15, 0.2) is 0 Å². The Hall–Kier alpha value is -1.32. The lowest BCUT2D eigenvalue weighted by Crippen LogP contribution is -2.20. The van der Waals surface area contributed by atoms with Crippen LogP contribution in [0.25, 0.3) is 0 Å². The zero-order valence-corrected chi connectivity index (χ0v) is 12.7. The van der Waals surface area contributed by atoms with E-state index in [2.05, 4.69) is 37.9 Å². The first-order chi connectivity index (χ1) is 9.79. The number of ether oxygens (including phenoxy) is 2. The number of hydrogen-bond acceptors (Lipinski definition) is 3. The summed E-state index contributed by atoms with van der Waals surface area (Å²) in [4.78, 5) is 0. The lowest BCUT2D eigenvalue weighted by molar-refractivity contribution is 0.102. The molecule has 0 saturated heterocycles. The Kier molecular flexibility index (Phi) is 8.76. The van der Waals surface area contributed by atoms with Crippen molar-refractivity contribution in [1.82, 2.24) is 5.32 Å². The van der Waals surface area contributed by atoms with E-state index >= 15 is 0 Å². The summed E-state index contributed by atoms with van der Waals surface area (Å²) in [5, 5.41) is 3.19. The van der Waals surface area contributed by atoms with Crippen molar-refractivity contribution in [2.45, 2.75) is 26.2 Å². The third-order valence-corrected chi connectivity index (χ3v) is 3.26. The quantitative estimate of drug-likeness (QED) is 0.497. The SMILES string of the molecule is C=CCNCCOCCOc1ccccc1C(C)CC. The third kappa shape index (κ3) is 6.22. The Bertz CT molecular complexity index is 379. The van der Waals surface area contributed by atoms with Crippen LogP contribution >= 0.6 is 0 Å². The van der Waals surface area contributed by atoms with Gasteiger partial charge in [-0.2, -0.15) is 0 Å². The van der Waals surface area contributed by atoms with Gasteiger partial charge in [0.25, 0.3) is 0 Å². The molecule has 0 bridgehead atoms. The Morgan fingerprint density at radius 3 is 2.80 bits per heavy atom. The second kappa shape index (κ2) is 10.5. The summed E-state index contributed by atoms with van der Waals surface area (Å²) in [6.07, 6.45) is 2.96. The summed E-state index contributed by atoms with van der Waals surface area (Å²) in [5.41, 5.74) is 1.28. The molecule has 1 aromatic carbocycles. The maximum atomic E-state index is 5.83. The van der Waals surface area contributed by atoms with Gasteiger partial charge in [0.2, 0.25) is 0 Å². The van der Waals surface area contributed by atoms with E-state index in [1.165, 1.54) is 5.56 Å². The Labute approximate surface area is 123 Å². The molecule has 1 aromatic rings. The lowest BCUT2D eigenvalue weighted by Gasteiger charge is -2.15. The second-order valence-corrected chi connectivity index (χ2v) is 4.80. The zero-order valence-electron chi connectivity index (χ0n) is 12.7. The van der Waals surface area contributed by atoms with Crippen LogP contribution in [0.2, 0.25) is 0 Å². The van der Waals surface area contributed by atoms with Gasteiger partial charge in [0.05, 0.1) is 13.2 Å². The smallest absolute Gasteiger partial charge is 0.122 e. The average Bonchev–Trinajstić information content (AvgIpc) is 2.49. The zero-order chi connectivity index (χ0) is 14.6. The van der Waals surface area contributed by atoms with Crippen molar-refractivity contribution < 1.29 is 9.47 Å². The molecule has 20 heavy (non-hydrogen) atoms. The van der Waals surface area contributed by atoms with E-state index in [1.54, 1.807) is 0 Å². The molecule has 1 N–H and O–H groups in total.